The topological polar surface area (TPSA) is 32.3 Å². The van der Waals surface area contributed by atoms with Gasteiger partial charge in [0.2, 0.25) is 0 Å². The fraction of sp³-hybridized carbons (Fsp3) is 0.143. The van der Waals surface area contributed by atoms with Gasteiger partial charge >= 0.3 is 0 Å². The maximum atomic E-state index is 9.56. The molecule has 1 atom stereocenters. The molecule has 5 heteroatoms. The van der Waals surface area contributed by atoms with Crippen molar-refractivity contribution >= 4 is 44.8 Å². The Bertz CT molecular complexity index is 560. The number of hydrogen-bond acceptors (Lipinski definition) is 2. The van der Waals surface area contributed by atoms with E-state index in [1.165, 1.54) is 0 Å². The van der Waals surface area contributed by atoms with Gasteiger partial charge in [-0.3, -0.25) is 0 Å². The summed E-state index contributed by atoms with van der Waals surface area (Å²) in [5, 5.41) is 14.1. The molecular formula is C14H12BrCl2NO. The van der Waals surface area contributed by atoms with Crippen molar-refractivity contribution in [2.45, 2.75) is 6.04 Å². The fourth-order valence-electron chi connectivity index (χ4n) is 1.75. The third kappa shape index (κ3) is 3.86. The highest BCUT2D eigenvalue weighted by atomic mass is 79.9. The number of aliphatic hydroxyl groups is 1. The molecule has 0 saturated heterocycles. The molecule has 0 aliphatic heterocycles. The molecule has 0 spiro atoms. The molecule has 0 saturated carbocycles. The number of rotatable bonds is 4. The highest BCUT2D eigenvalue weighted by molar-refractivity contribution is 9.10. The lowest BCUT2D eigenvalue weighted by atomic mass is 10.1. The first-order chi connectivity index (χ1) is 9.10. The van der Waals surface area contributed by atoms with E-state index in [1.54, 1.807) is 18.2 Å². The van der Waals surface area contributed by atoms with Gasteiger partial charge in [0.1, 0.15) is 0 Å². The molecule has 2 N–H and O–H groups in total. The van der Waals surface area contributed by atoms with E-state index in [0.29, 0.717) is 10.0 Å². The van der Waals surface area contributed by atoms with Crippen molar-refractivity contribution in [3.8, 4) is 0 Å². The molecule has 0 aliphatic carbocycles. The second kappa shape index (κ2) is 6.62. The molecule has 2 aromatic rings. The van der Waals surface area contributed by atoms with E-state index >= 15 is 0 Å². The minimum absolute atomic E-state index is 0.0401. The summed E-state index contributed by atoms with van der Waals surface area (Å²) in [7, 11) is 0. The Morgan fingerprint density at radius 3 is 2.32 bits per heavy atom. The average Bonchev–Trinajstić information content (AvgIpc) is 2.41. The summed E-state index contributed by atoms with van der Waals surface area (Å²) >= 11 is 15.3. The zero-order valence-electron chi connectivity index (χ0n) is 9.91. The summed E-state index contributed by atoms with van der Waals surface area (Å²) in [6, 6.07) is 12.6. The van der Waals surface area contributed by atoms with Gasteiger partial charge in [0.15, 0.2) is 0 Å². The highest BCUT2D eigenvalue weighted by Gasteiger charge is 2.14. The van der Waals surface area contributed by atoms with Crippen LogP contribution >= 0.6 is 39.1 Å². The van der Waals surface area contributed by atoms with Gasteiger partial charge in [-0.05, 0) is 48.0 Å². The first kappa shape index (κ1) is 14.7. The van der Waals surface area contributed by atoms with Gasteiger partial charge in [0.05, 0.1) is 12.6 Å². The van der Waals surface area contributed by atoms with E-state index < -0.39 is 0 Å². The largest absolute Gasteiger partial charge is 0.394 e. The van der Waals surface area contributed by atoms with E-state index in [9.17, 15) is 5.11 Å². The molecule has 2 nitrogen and oxygen atoms in total. The minimum Gasteiger partial charge on any atom is -0.394 e. The lowest BCUT2D eigenvalue weighted by Crippen LogP contribution is -2.15. The zero-order chi connectivity index (χ0) is 13.8. The lowest BCUT2D eigenvalue weighted by Gasteiger charge is -2.19. The molecule has 0 aliphatic rings. The van der Waals surface area contributed by atoms with E-state index in [4.69, 9.17) is 23.2 Å². The predicted molar refractivity (Wildman–Crippen MR) is 84.1 cm³/mol. The Labute approximate surface area is 130 Å². The van der Waals surface area contributed by atoms with Crippen LogP contribution in [-0.2, 0) is 0 Å². The van der Waals surface area contributed by atoms with Gasteiger partial charge in [-0.2, -0.15) is 0 Å². The molecule has 19 heavy (non-hydrogen) atoms. The highest BCUT2D eigenvalue weighted by Crippen LogP contribution is 2.29. The van der Waals surface area contributed by atoms with Gasteiger partial charge in [0.25, 0.3) is 0 Å². The molecule has 2 rings (SSSR count). The quantitative estimate of drug-likeness (QED) is 0.812. The van der Waals surface area contributed by atoms with E-state index in [-0.39, 0.29) is 12.6 Å². The average molecular weight is 361 g/mol. The predicted octanol–water partition coefficient (Wildman–Crippen LogP) is 4.90. The van der Waals surface area contributed by atoms with E-state index in [2.05, 4.69) is 21.2 Å². The molecule has 0 aromatic heterocycles. The molecule has 0 fully saturated rings. The normalized spacial score (nSPS) is 12.2. The Kier molecular flexibility index (Phi) is 5.11. The summed E-state index contributed by atoms with van der Waals surface area (Å²) in [5.41, 5.74) is 1.79. The second-order valence-electron chi connectivity index (χ2n) is 4.05. The smallest absolute Gasteiger partial charge is 0.0756 e. The number of aliphatic hydroxyl groups excluding tert-OH is 1. The van der Waals surface area contributed by atoms with Gasteiger partial charge in [-0.15, -0.1) is 0 Å². The molecule has 0 bridgehead atoms. The number of benzene rings is 2. The SMILES string of the molecule is OCC(Nc1ccc(Cl)cc1)c1cc(Cl)ccc1Br. The third-order valence-electron chi connectivity index (χ3n) is 2.70. The zero-order valence-corrected chi connectivity index (χ0v) is 13.0. The Hall–Kier alpha value is -0.740. The summed E-state index contributed by atoms with van der Waals surface area (Å²) in [6.07, 6.45) is 0. The molecule has 1 unspecified atom stereocenters. The first-order valence-electron chi connectivity index (χ1n) is 5.68. The van der Waals surface area contributed by atoms with Crippen molar-refractivity contribution in [3.63, 3.8) is 0 Å². The Morgan fingerprint density at radius 2 is 1.68 bits per heavy atom. The van der Waals surface area contributed by atoms with Crippen molar-refractivity contribution in [1.29, 1.82) is 0 Å². The monoisotopic (exact) mass is 359 g/mol. The van der Waals surface area contributed by atoms with Crippen LogP contribution < -0.4 is 5.32 Å². The van der Waals surface area contributed by atoms with Crippen molar-refractivity contribution in [2.24, 2.45) is 0 Å². The van der Waals surface area contributed by atoms with Crippen LogP contribution in [0.15, 0.2) is 46.9 Å². The van der Waals surface area contributed by atoms with Crippen LogP contribution in [0.25, 0.3) is 0 Å². The standard InChI is InChI=1S/C14H12BrCl2NO/c15-13-6-3-10(17)7-12(13)14(8-19)18-11-4-1-9(16)2-5-11/h1-7,14,18-19H,8H2. The molecule has 0 radical (unpaired) electrons. The van der Waals surface area contributed by atoms with Crippen LogP contribution in [0.5, 0.6) is 0 Å². The van der Waals surface area contributed by atoms with Gasteiger partial charge in [-0.25, -0.2) is 0 Å². The van der Waals surface area contributed by atoms with Crippen LogP contribution in [0.3, 0.4) is 0 Å². The van der Waals surface area contributed by atoms with E-state index in [1.807, 2.05) is 24.3 Å². The number of anilines is 1. The number of halogens is 3. The van der Waals surface area contributed by atoms with Gasteiger partial charge in [0, 0.05) is 20.2 Å². The summed E-state index contributed by atoms with van der Waals surface area (Å²) in [6.45, 7) is -0.0401. The third-order valence-corrected chi connectivity index (χ3v) is 3.91. The van der Waals surface area contributed by atoms with Crippen LogP contribution in [-0.4, -0.2) is 11.7 Å². The lowest BCUT2D eigenvalue weighted by molar-refractivity contribution is 0.276. The number of nitrogens with one attached hydrogen (secondary N) is 1. The molecule has 100 valence electrons. The summed E-state index contributed by atoms with van der Waals surface area (Å²) in [5.74, 6) is 0. The molecule has 0 heterocycles. The second-order valence-corrected chi connectivity index (χ2v) is 5.78. The van der Waals surface area contributed by atoms with Crippen LogP contribution in [0, 0.1) is 0 Å². The van der Waals surface area contributed by atoms with Gasteiger partial charge < -0.3 is 10.4 Å². The molecular weight excluding hydrogens is 349 g/mol. The van der Waals surface area contributed by atoms with Gasteiger partial charge in [-0.1, -0.05) is 39.1 Å². The van der Waals surface area contributed by atoms with Crippen molar-refractivity contribution in [1.82, 2.24) is 0 Å². The summed E-state index contributed by atoms with van der Waals surface area (Å²) in [4.78, 5) is 0. The summed E-state index contributed by atoms with van der Waals surface area (Å²) < 4.78 is 0.900. The first-order valence-corrected chi connectivity index (χ1v) is 7.23. The molecule has 2 aromatic carbocycles. The van der Waals surface area contributed by atoms with Crippen molar-refractivity contribution in [2.75, 3.05) is 11.9 Å². The van der Waals surface area contributed by atoms with Crippen LogP contribution in [0.4, 0.5) is 5.69 Å². The minimum atomic E-state index is -0.241. The van der Waals surface area contributed by atoms with Crippen LogP contribution in [0.2, 0.25) is 10.0 Å². The van der Waals surface area contributed by atoms with E-state index in [0.717, 1.165) is 15.7 Å². The molecule has 0 amide bonds. The number of hydrogen-bond donors (Lipinski definition) is 2. The maximum Gasteiger partial charge on any atom is 0.0756 e. The maximum absolute atomic E-state index is 9.56. The Morgan fingerprint density at radius 1 is 1.05 bits per heavy atom. The fourth-order valence-corrected chi connectivity index (χ4v) is 2.58. The van der Waals surface area contributed by atoms with Crippen molar-refractivity contribution < 1.29 is 5.11 Å². The Balaban J connectivity index is 2.24. The van der Waals surface area contributed by atoms with Crippen LogP contribution in [0.1, 0.15) is 11.6 Å². The van der Waals surface area contributed by atoms with Crippen molar-refractivity contribution in [3.05, 3.63) is 62.5 Å².